The van der Waals surface area contributed by atoms with Crippen LogP contribution in [0.3, 0.4) is 0 Å². The average molecular weight is 300 g/mol. The van der Waals surface area contributed by atoms with Gasteiger partial charge in [-0.05, 0) is 30.5 Å². The predicted molar refractivity (Wildman–Crippen MR) is 82.4 cm³/mol. The lowest BCUT2D eigenvalue weighted by Gasteiger charge is -2.17. The van der Waals surface area contributed by atoms with Gasteiger partial charge in [-0.1, -0.05) is 30.3 Å². The van der Waals surface area contributed by atoms with Gasteiger partial charge >= 0.3 is 6.03 Å². The first kappa shape index (κ1) is 14.7. The second-order valence-electron chi connectivity index (χ2n) is 5.74. The molecule has 3 rings (SSSR count). The predicted octanol–water partition coefficient (Wildman–Crippen LogP) is 2.34. The van der Waals surface area contributed by atoms with Gasteiger partial charge in [0.15, 0.2) is 0 Å². The fourth-order valence-corrected chi connectivity index (χ4v) is 2.59. The Morgan fingerprint density at radius 2 is 1.95 bits per heavy atom. The maximum atomic E-state index is 11.9. The van der Waals surface area contributed by atoms with Crippen LogP contribution in [0.15, 0.2) is 53.1 Å². The Kier molecular flexibility index (Phi) is 4.15. The summed E-state index contributed by atoms with van der Waals surface area (Å²) in [5, 5.41) is 15.4. The molecule has 5 heteroatoms. The number of hydrogen-bond acceptors (Lipinski definition) is 3. The number of benzene rings is 1. The molecule has 1 atom stereocenters. The summed E-state index contributed by atoms with van der Waals surface area (Å²) in [4.78, 5) is 11.9. The average Bonchev–Trinajstić information content (AvgIpc) is 3.15. The first-order chi connectivity index (χ1) is 10.7. The molecule has 116 valence electrons. The van der Waals surface area contributed by atoms with Crippen molar-refractivity contribution in [2.24, 2.45) is 0 Å². The summed E-state index contributed by atoms with van der Waals surface area (Å²) in [6.07, 6.45) is 2.85. The second kappa shape index (κ2) is 6.23. The van der Waals surface area contributed by atoms with E-state index in [1.54, 1.807) is 12.1 Å². The van der Waals surface area contributed by atoms with Crippen molar-refractivity contribution in [1.29, 1.82) is 0 Å². The van der Waals surface area contributed by atoms with Crippen LogP contribution < -0.4 is 10.6 Å². The summed E-state index contributed by atoms with van der Waals surface area (Å²) >= 11 is 0. The number of aliphatic hydroxyl groups excluding tert-OH is 1. The lowest BCUT2D eigenvalue weighted by molar-refractivity contribution is 0.148. The molecule has 1 aromatic heterocycles. The van der Waals surface area contributed by atoms with Crippen LogP contribution in [-0.4, -0.2) is 24.2 Å². The third-order valence-corrected chi connectivity index (χ3v) is 4.15. The Balaban J connectivity index is 1.45. The zero-order valence-corrected chi connectivity index (χ0v) is 12.3. The van der Waals surface area contributed by atoms with E-state index in [2.05, 4.69) is 22.8 Å². The third-order valence-electron chi connectivity index (χ3n) is 4.15. The van der Waals surface area contributed by atoms with E-state index >= 15 is 0 Å². The van der Waals surface area contributed by atoms with Crippen LogP contribution >= 0.6 is 0 Å². The molecule has 2 amide bonds. The van der Waals surface area contributed by atoms with Crippen LogP contribution in [0, 0.1) is 0 Å². The van der Waals surface area contributed by atoms with E-state index in [1.807, 2.05) is 18.2 Å². The molecule has 0 radical (unpaired) electrons. The fourth-order valence-electron chi connectivity index (χ4n) is 2.59. The minimum Gasteiger partial charge on any atom is -0.467 e. The molecule has 1 aliphatic rings. The number of carbonyl (C=O) groups is 1. The van der Waals surface area contributed by atoms with E-state index in [1.165, 1.54) is 11.8 Å². The van der Waals surface area contributed by atoms with Crippen molar-refractivity contribution < 1.29 is 14.3 Å². The number of rotatable bonds is 6. The van der Waals surface area contributed by atoms with Crippen LogP contribution in [0.4, 0.5) is 4.79 Å². The number of furan rings is 1. The van der Waals surface area contributed by atoms with Crippen molar-refractivity contribution in [3.63, 3.8) is 0 Å². The molecule has 1 saturated carbocycles. The molecular weight excluding hydrogens is 280 g/mol. The van der Waals surface area contributed by atoms with Gasteiger partial charge in [0.05, 0.1) is 12.8 Å². The molecule has 3 N–H and O–H groups in total. The Morgan fingerprint density at radius 1 is 1.18 bits per heavy atom. The fraction of sp³-hybridized carbons (Fsp3) is 0.353. The number of nitrogens with one attached hydrogen (secondary N) is 2. The Hall–Kier alpha value is -2.27. The number of carbonyl (C=O) groups excluding carboxylic acids is 1. The molecule has 0 aliphatic heterocycles. The Morgan fingerprint density at radius 3 is 2.59 bits per heavy atom. The summed E-state index contributed by atoms with van der Waals surface area (Å²) in [7, 11) is 0. The lowest BCUT2D eigenvalue weighted by atomic mass is 9.96. The van der Waals surface area contributed by atoms with E-state index in [0.717, 1.165) is 12.8 Å². The largest absolute Gasteiger partial charge is 0.467 e. The smallest absolute Gasteiger partial charge is 0.314 e. The molecule has 0 saturated heterocycles. The molecule has 1 fully saturated rings. The quantitative estimate of drug-likeness (QED) is 0.766. The summed E-state index contributed by atoms with van der Waals surface area (Å²) in [5.74, 6) is 0.447. The minimum atomic E-state index is -0.829. The van der Waals surface area contributed by atoms with Gasteiger partial charge in [-0.15, -0.1) is 0 Å². The first-order valence-corrected chi connectivity index (χ1v) is 7.48. The van der Waals surface area contributed by atoms with E-state index in [4.69, 9.17) is 4.42 Å². The normalized spacial score (nSPS) is 16.8. The highest BCUT2D eigenvalue weighted by Gasteiger charge is 2.44. The molecule has 1 aliphatic carbocycles. The molecule has 22 heavy (non-hydrogen) atoms. The number of amides is 2. The van der Waals surface area contributed by atoms with Gasteiger partial charge < -0.3 is 20.2 Å². The summed E-state index contributed by atoms with van der Waals surface area (Å²) in [5.41, 5.74) is 1.35. The maximum absolute atomic E-state index is 11.9. The van der Waals surface area contributed by atoms with Crippen molar-refractivity contribution in [1.82, 2.24) is 10.6 Å². The Labute approximate surface area is 129 Å². The van der Waals surface area contributed by atoms with Crippen molar-refractivity contribution in [2.75, 3.05) is 13.1 Å². The van der Waals surface area contributed by atoms with Gasteiger partial charge in [0.1, 0.15) is 11.9 Å². The summed E-state index contributed by atoms with van der Waals surface area (Å²) in [6, 6.07) is 13.4. The standard InChI is InChI=1S/C17H20N2O3/c20-14(15-7-4-10-22-15)11-18-16(21)19-12-17(8-9-17)13-5-2-1-3-6-13/h1-7,10,14,20H,8-9,11-12H2,(H2,18,19,21). The summed E-state index contributed by atoms with van der Waals surface area (Å²) < 4.78 is 5.09. The SMILES string of the molecule is O=C(NCC(O)c1ccco1)NCC1(c2ccccc2)CC1. The zero-order valence-electron chi connectivity index (χ0n) is 12.3. The number of aliphatic hydroxyl groups is 1. The zero-order chi connectivity index (χ0) is 15.4. The summed E-state index contributed by atoms with van der Waals surface area (Å²) in [6.45, 7) is 0.734. The lowest BCUT2D eigenvalue weighted by Crippen LogP contribution is -2.41. The van der Waals surface area contributed by atoms with Gasteiger partial charge in [0.2, 0.25) is 0 Å². The Bertz CT molecular complexity index is 606. The number of hydrogen-bond donors (Lipinski definition) is 3. The van der Waals surface area contributed by atoms with Crippen molar-refractivity contribution >= 4 is 6.03 Å². The van der Waals surface area contributed by atoms with Crippen molar-refractivity contribution in [3.8, 4) is 0 Å². The molecule has 2 aromatic rings. The van der Waals surface area contributed by atoms with Gasteiger partial charge in [0.25, 0.3) is 0 Å². The highest BCUT2D eigenvalue weighted by Crippen LogP contribution is 2.47. The third kappa shape index (κ3) is 3.31. The van der Waals surface area contributed by atoms with Crippen LogP contribution in [0.1, 0.15) is 30.3 Å². The van der Waals surface area contributed by atoms with Crippen LogP contribution in [0.5, 0.6) is 0 Å². The monoisotopic (exact) mass is 300 g/mol. The van der Waals surface area contributed by atoms with E-state index in [9.17, 15) is 9.90 Å². The van der Waals surface area contributed by atoms with Crippen LogP contribution in [0.25, 0.3) is 0 Å². The highest BCUT2D eigenvalue weighted by molar-refractivity contribution is 5.74. The minimum absolute atomic E-state index is 0.0816. The molecule has 1 heterocycles. The van der Waals surface area contributed by atoms with E-state index < -0.39 is 6.10 Å². The van der Waals surface area contributed by atoms with Gasteiger partial charge in [-0.3, -0.25) is 0 Å². The molecule has 0 bridgehead atoms. The highest BCUT2D eigenvalue weighted by atomic mass is 16.4. The molecule has 5 nitrogen and oxygen atoms in total. The number of urea groups is 1. The van der Waals surface area contributed by atoms with Gasteiger partial charge in [0, 0.05) is 12.0 Å². The van der Waals surface area contributed by atoms with E-state index in [0.29, 0.717) is 12.3 Å². The van der Waals surface area contributed by atoms with Crippen molar-refractivity contribution in [2.45, 2.75) is 24.4 Å². The topological polar surface area (TPSA) is 74.5 Å². The van der Waals surface area contributed by atoms with Crippen LogP contribution in [-0.2, 0) is 5.41 Å². The maximum Gasteiger partial charge on any atom is 0.314 e. The van der Waals surface area contributed by atoms with Gasteiger partial charge in [-0.25, -0.2) is 4.79 Å². The molecule has 1 aromatic carbocycles. The van der Waals surface area contributed by atoms with Gasteiger partial charge in [-0.2, -0.15) is 0 Å². The molecule has 0 spiro atoms. The molecule has 1 unspecified atom stereocenters. The van der Waals surface area contributed by atoms with Crippen molar-refractivity contribution in [3.05, 3.63) is 60.1 Å². The second-order valence-corrected chi connectivity index (χ2v) is 5.74. The molecular formula is C17H20N2O3. The first-order valence-electron chi connectivity index (χ1n) is 7.48. The van der Waals surface area contributed by atoms with Crippen LogP contribution in [0.2, 0.25) is 0 Å². The van der Waals surface area contributed by atoms with E-state index in [-0.39, 0.29) is 18.0 Å².